The summed E-state index contributed by atoms with van der Waals surface area (Å²) >= 11 is 3.51. The van der Waals surface area contributed by atoms with Gasteiger partial charge in [0.1, 0.15) is 25.0 Å². The highest BCUT2D eigenvalue weighted by Gasteiger charge is 2.26. The molecule has 0 heterocycles. The largest absolute Gasteiger partial charge is 0.489 e. The Kier molecular flexibility index (Phi) is 10.8. The molecule has 6 nitrogen and oxygen atoms in total. The lowest BCUT2D eigenvalue weighted by molar-refractivity contribution is -0.145. The number of nitrogens with one attached hydrogen (secondary N) is 1. The average Bonchev–Trinajstić information content (AvgIpc) is 2.87. The van der Waals surface area contributed by atoms with Gasteiger partial charge in [-0.25, -0.2) is 9.59 Å². The summed E-state index contributed by atoms with van der Waals surface area (Å²) in [5.41, 5.74) is 2.65. The molecule has 0 spiro atoms. The molecule has 1 atom stereocenters. The van der Waals surface area contributed by atoms with Crippen LogP contribution in [0.5, 0.6) is 5.75 Å². The first-order valence-electron chi connectivity index (χ1n) is 12.3. The van der Waals surface area contributed by atoms with Crippen LogP contribution in [-0.4, -0.2) is 32.8 Å². The Morgan fingerprint density at radius 1 is 0.865 bits per heavy atom. The van der Waals surface area contributed by atoms with Crippen LogP contribution in [0.25, 0.3) is 0 Å². The maximum absolute atomic E-state index is 13.1. The molecule has 3 rings (SSSR count). The van der Waals surface area contributed by atoms with Crippen molar-refractivity contribution in [2.75, 3.05) is 6.61 Å². The van der Waals surface area contributed by atoms with Crippen molar-refractivity contribution in [3.8, 4) is 5.75 Å². The maximum atomic E-state index is 13.1. The Hall–Kier alpha value is -3.10. The summed E-state index contributed by atoms with van der Waals surface area (Å²) in [6.45, 7) is 7.46. The third kappa shape index (κ3) is 10.4. The Morgan fingerprint density at radius 2 is 1.49 bits per heavy atom. The fourth-order valence-electron chi connectivity index (χ4n) is 3.46. The molecule has 0 saturated carbocycles. The monoisotopic (exact) mass is 583 g/mol. The first kappa shape index (κ1) is 28.5. The fourth-order valence-corrected chi connectivity index (χ4v) is 4.59. The summed E-state index contributed by atoms with van der Waals surface area (Å²) in [6, 6.07) is 24.8. The van der Waals surface area contributed by atoms with Gasteiger partial charge in [0.15, 0.2) is 0 Å². The van der Waals surface area contributed by atoms with Crippen LogP contribution in [0.15, 0.2) is 83.3 Å². The molecule has 0 radical (unpaired) electrons. The molecule has 3 aromatic rings. The van der Waals surface area contributed by atoms with Gasteiger partial charge in [-0.05, 0) is 40.9 Å². The Labute approximate surface area is 228 Å². The second-order valence-electron chi connectivity index (χ2n) is 9.97. The van der Waals surface area contributed by atoms with Crippen LogP contribution >= 0.6 is 15.9 Å². The van der Waals surface area contributed by atoms with Gasteiger partial charge < -0.3 is 19.5 Å². The maximum Gasteiger partial charge on any atom is 0.408 e. The molecule has 3 aromatic carbocycles. The predicted molar refractivity (Wildman–Crippen MR) is 151 cm³/mol. The minimum absolute atomic E-state index is 0.104. The molecule has 0 fully saturated rings. The molecule has 0 saturated heterocycles. The number of rotatable bonds is 12. The van der Waals surface area contributed by atoms with Gasteiger partial charge in [0.05, 0.1) is 6.61 Å². The second-order valence-corrected chi connectivity index (χ2v) is 16.5. The van der Waals surface area contributed by atoms with E-state index in [1.54, 1.807) is 0 Å². The molecule has 0 aliphatic rings. The number of benzene rings is 3. The summed E-state index contributed by atoms with van der Waals surface area (Å²) in [7, 11) is -1.39. The second kappa shape index (κ2) is 14.0. The first-order valence-corrected chi connectivity index (χ1v) is 16.8. The number of esters is 1. The van der Waals surface area contributed by atoms with Gasteiger partial charge in [0.25, 0.3) is 0 Å². The van der Waals surface area contributed by atoms with Crippen LogP contribution in [0.1, 0.15) is 16.7 Å². The lowest BCUT2D eigenvalue weighted by atomic mass is 10.0. The molecule has 1 N–H and O–H groups in total. The Balaban J connectivity index is 1.72. The van der Waals surface area contributed by atoms with Crippen LogP contribution in [0.3, 0.4) is 0 Å². The molecule has 37 heavy (non-hydrogen) atoms. The van der Waals surface area contributed by atoms with E-state index in [1.807, 2.05) is 78.9 Å². The van der Waals surface area contributed by atoms with Gasteiger partial charge in [0, 0.05) is 19.0 Å². The van der Waals surface area contributed by atoms with Gasteiger partial charge >= 0.3 is 12.1 Å². The lowest BCUT2D eigenvalue weighted by Crippen LogP contribution is -2.44. The van der Waals surface area contributed by atoms with Gasteiger partial charge in [-0.3, -0.25) is 0 Å². The normalized spacial score (nSPS) is 11.9. The minimum atomic E-state index is -1.39. The van der Waals surface area contributed by atoms with E-state index in [0.717, 1.165) is 27.2 Å². The van der Waals surface area contributed by atoms with Crippen molar-refractivity contribution in [3.63, 3.8) is 0 Å². The standard InChI is InChI=1S/C29H34BrNO5Si/c1-37(2,3)17-16-34-28(32)26(31-29(33)36-21-23-12-8-5-9-13-23)19-24-18-25(30)14-15-27(24)35-20-22-10-6-4-7-11-22/h4-15,18,26H,16-17,19-21H2,1-3H3,(H,31,33). The highest BCUT2D eigenvalue weighted by molar-refractivity contribution is 9.10. The highest BCUT2D eigenvalue weighted by Crippen LogP contribution is 2.26. The van der Waals surface area contributed by atoms with Crippen molar-refractivity contribution >= 4 is 36.1 Å². The summed E-state index contributed by atoms with van der Waals surface area (Å²) in [6.07, 6.45) is -0.492. The molecule has 1 amide bonds. The van der Waals surface area contributed by atoms with Gasteiger partial charge in [-0.15, -0.1) is 0 Å². The van der Waals surface area contributed by atoms with E-state index in [-0.39, 0.29) is 13.0 Å². The van der Waals surface area contributed by atoms with E-state index < -0.39 is 26.2 Å². The zero-order valence-electron chi connectivity index (χ0n) is 21.5. The molecule has 0 aliphatic carbocycles. The van der Waals surface area contributed by atoms with Gasteiger partial charge in [-0.1, -0.05) is 96.2 Å². The van der Waals surface area contributed by atoms with E-state index in [0.29, 0.717) is 19.0 Å². The molecular weight excluding hydrogens is 550 g/mol. The van der Waals surface area contributed by atoms with Crippen LogP contribution in [0.2, 0.25) is 25.7 Å². The predicted octanol–water partition coefficient (Wildman–Crippen LogP) is 6.75. The van der Waals surface area contributed by atoms with Gasteiger partial charge in [0.2, 0.25) is 0 Å². The number of ether oxygens (including phenoxy) is 3. The van der Waals surface area contributed by atoms with Crippen LogP contribution in [0.4, 0.5) is 4.79 Å². The summed E-state index contributed by atoms with van der Waals surface area (Å²) < 4.78 is 17.9. The zero-order valence-corrected chi connectivity index (χ0v) is 24.1. The number of halogens is 1. The van der Waals surface area contributed by atoms with Crippen molar-refractivity contribution in [1.82, 2.24) is 5.32 Å². The van der Waals surface area contributed by atoms with E-state index in [9.17, 15) is 9.59 Å². The highest BCUT2D eigenvalue weighted by atomic mass is 79.9. The molecule has 0 aromatic heterocycles. The summed E-state index contributed by atoms with van der Waals surface area (Å²) in [5, 5.41) is 2.71. The van der Waals surface area contributed by atoms with Crippen molar-refractivity contribution in [3.05, 3.63) is 100 Å². The Morgan fingerprint density at radius 3 is 2.11 bits per heavy atom. The van der Waals surface area contributed by atoms with Crippen LogP contribution < -0.4 is 10.1 Å². The van der Waals surface area contributed by atoms with E-state index in [2.05, 4.69) is 40.9 Å². The molecule has 1 unspecified atom stereocenters. The van der Waals surface area contributed by atoms with Crippen molar-refractivity contribution in [1.29, 1.82) is 0 Å². The zero-order chi connectivity index (χ0) is 26.7. The molecule has 0 aliphatic heterocycles. The Bertz CT molecular complexity index is 1150. The number of alkyl carbamates (subject to hydrolysis) is 1. The quantitative estimate of drug-likeness (QED) is 0.188. The van der Waals surface area contributed by atoms with Crippen molar-refractivity contribution in [2.24, 2.45) is 0 Å². The third-order valence-corrected chi connectivity index (χ3v) is 7.77. The lowest BCUT2D eigenvalue weighted by Gasteiger charge is -2.21. The van der Waals surface area contributed by atoms with Crippen LogP contribution in [0, 0.1) is 0 Å². The van der Waals surface area contributed by atoms with E-state index in [1.165, 1.54) is 0 Å². The summed E-state index contributed by atoms with van der Waals surface area (Å²) in [5.74, 6) is 0.135. The molecule has 196 valence electrons. The third-order valence-electron chi connectivity index (χ3n) is 5.57. The van der Waals surface area contributed by atoms with Crippen molar-refractivity contribution in [2.45, 2.75) is 51.4 Å². The molecule has 8 heteroatoms. The minimum Gasteiger partial charge on any atom is -0.489 e. The summed E-state index contributed by atoms with van der Waals surface area (Å²) in [4.78, 5) is 25.7. The number of amides is 1. The average molecular weight is 585 g/mol. The fraction of sp³-hybridized carbons (Fsp3) is 0.310. The smallest absolute Gasteiger partial charge is 0.408 e. The van der Waals surface area contributed by atoms with Crippen molar-refractivity contribution < 1.29 is 23.8 Å². The number of carbonyl (C=O) groups excluding carboxylic acids is 2. The van der Waals surface area contributed by atoms with Crippen LogP contribution in [-0.2, 0) is 33.9 Å². The van der Waals surface area contributed by atoms with Gasteiger partial charge in [-0.2, -0.15) is 0 Å². The first-order chi connectivity index (χ1) is 17.7. The topological polar surface area (TPSA) is 73.9 Å². The number of carbonyl (C=O) groups is 2. The molecule has 0 bridgehead atoms. The van der Waals surface area contributed by atoms with E-state index >= 15 is 0 Å². The van der Waals surface area contributed by atoms with E-state index in [4.69, 9.17) is 14.2 Å². The number of hydrogen-bond acceptors (Lipinski definition) is 5. The number of hydrogen-bond donors (Lipinski definition) is 1. The SMILES string of the molecule is C[Si](C)(C)CCOC(=O)C(Cc1cc(Br)ccc1OCc1ccccc1)NC(=O)OCc1ccccc1. The molecular formula is C29H34BrNO5Si.